The van der Waals surface area contributed by atoms with Crippen LogP contribution in [0.3, 0.4) is 0 Å². The second-order valence-corrected chi connectivity index (χ2v) is 5.92. The van der Waals surface area contributed by atoms with Crippen LogP contribution in [-0.2, 0) is 11.2 Å². The Morgan fingerprint density at radius 2 is 2.00 bits per heavy atom. The van der Waals surface area contributed by atoms with Crippen molar-refractivity contribution in [2.24, 2.45) is 11.7 Å². The Morgan fingerprint density at radius 1 is 1.33 bits per heavy atom. The molecule has 1 aromatic rings. The van der Waals surface area contributed by atoms with Gasteiger partial charge in [0, 0.05) is 13.1 Å². The van der Waals surface area contributed by atoms with Crippen molar-refractivity contribution in [2.75, 3.05) is 26.2 Å². The molecule has 1 fully saturated rings. The molecule has 1 amide bonds. The average molecular weight is 289 g/mol. The van der Waals surface area contributed by atoms with Crippen LogP contribution in [0.15, 0.2) is 30.3 Å². The molecule has 2 rings (SSSR count). The van der Waals surface area contributed by atoms with Crippen LogP contribution in [0, 0.1) is 5.92 Å². The van der Waals surface area contributed by atoms with E-state index >= 15 is 0 Å². The van der Waals surface area contributed by atoms with Gasteiger partial charge in [-0.1, -0.05) is 30.3 Å². The van der Waals surface area contributed by atoms with Gasteiger partial charge in [-0.2, -0.15) is 0 Å². The van der Waals surface area contributed by atoms with Crippen molar-refractivity contribution < 1.29 is 4.79 Å². The molecule has 116 valence electrons. The maximum atomic E-state index is 12.0. The van der Waals surface area contributed by atoms with Crippen LogP contribution < -0.4 is 11.1 Å². The minimum absolute atomic E-state index is 0.0470. The lowest BCUT2D eigenvalue weighted by molar-refractivity contribution is -0.126. The van der Waals surface area contributed by atoms with E-state index in [0.29, 0.717) is 13.1 Å². The highest BCUT2D eigenvalue weighted by Gasteiger charge is 2.26. The SMILES string of the molecule is CC(C(=O)NCCN)N1CCC(Cc2ccccc2)CC1. The van der Waals surface area contributed by atoms with Gasteiger partial charge in [0.2, 0.25) is 5.91 Å². The molecule has 1 heterocycles. The number of likely N-dealkylation sites (tertiary alicyclic amines) is 1. The molecule has 1 aliphatic heterocycles. The third-order valence-corrected chi connectivity index (χ3v) is 4.39. The number of hydrogen-bond acceptors (Lipinski definition) is 3. The molecule has 1 aliphatic rings. The molecule has 1 saturated heterocycles. The fourth-order valence-electron chi connectivity index (χ4n) is 3.00. The zero-order valence-electron chi connectivity index (χ0n) is 12.9. The average Bonchev–Trinajstić information content (AvgIpc) is 2.53. The van der Waals surface area contributed by atoms with Gasteiger partial charge in [-0.25, -0.2) is 0 Å². The molecule has 3 N–H and O–H groups in total. The van der Waals surface area contributed by atoms with Gasteiger partial charge in [-0.15, -0.1) is 0 Å². The van der Waals surface area contributed by atoms with E-state index in [-0.39, 0.29) is 11.9 Å². The lowest BCUT2D eigenvalue weighted by atomic mass is 9.89. The lowest BCUT2D eigenvalue weighted by Crippen LogP contribution is -2.49. The molecule has 0 aromatic heterocycles. The van der Waals surface area contributed by atoms with E-state index in [9.17, 15) is 4.79 Å². The van der Waals surface area contributed by atoms with Gasteiger partial charge < -0.3 is 11.1 Å². The molecule has 1 aromatic carbocycles. The highest BCUT2D eigenvalue weighted by molar-refractivity contribution is 5.81. The van der Waals surface area contributed by atoms with E-state index in [2.05, 4.69) is 40.5 Å². The maximum absolute atomic E-state index is 12.0. The Bertz CT molecular complexity index is 427. The number of hydrogen-bond donors (Lipinski definition) is 2. The van der Waals surface area contributed by atoms with Gasteiger partial charge in [0.15, 0.2) is 0 Å². The Kier molecular flexibility index (Phi) is 6.21. The molecule has 1 unspecified atom stereocenters. The van der Waals surface area contributed by atoms with E-state index < -0.39 is 0 Å². The second kappa shape index (κ2) is 8.15. The van der Waals surface area contributed by atoms with Crippen molar-refractivity contribution in [3.8, 4) is 0 Å². The molecule has 4 heteroatoms. The van der Waals surface area contributed by atoms with Crippen LogP contribution in [-0.4, -0.2) is 43.0 Å². The summed E-state index contributed by atoms with van der Waals surface area (Å²) in [4.78, 5) is 14.3. The summed E-state index contributed by atoms with van der Waals surface area (Å²) in [6, 6.07) is 10.6. The summed E-state index contributed by atoms with van der Waals surface area (Å²) in [5, 5.41) is 2.87. The van der Waals surface area contributed by atoms with Crippen LogP contribution in [0.4, 0.5) is 0 Å². The third kappa shape index (κ3) is 4.83. The molecule has 0 bridgehead atoms. The summed E-state index contributed by atoms with van der Waals surface area (Å²) in [5.41, 5.74) is 6.84. The normalized spacial score (nSPS) is 18.4. The summed E-state index contributed by atoms with van der Waals surface area (Å²) in [6.07, 6.45) is 3.50. The third-order valence-electron chi connectivity index (χ3n) is 4.39. The van der Waals surface area contributed by atoms with Crippen molar-refractivity contribution >= 4 is 5.91 Å². The number of nitrogens with two attached hydrogens (primary N) is 1. The van der Waals surface area contributed by atoms with Gasteiger partial charge in [-0.05, 0) is 50.8 Å². The van der Waals surface area contributed by atoms with E-state index in [1.54, 1.807) is 0 Å². The zero-order chi connectivity index (χ0) is 15.1. The number of nitrogens with zero attached hydrogens (tertiary/aromatic N) is 1. The molecule has 0 spiro atoms. The lowest BCUT2D eigenvalue weighted by Gasteiger charge is -2.35. The van der Waals surface area contributed by atoms with E-state index in [1.807, 2.05) is 6.92 Å². The first-order valence-corrected chi connectivity index (χ1v) is 7.96. The van der Waals surface area contributed by atoms with Crippen molar-refractivity contribution in [1.29, 1.82) is 0 Å². The smallest absolute Gasteiger partial charge is 0.237 e. The van der Waals surface area contributed by atoms with Gasteiger partial charge in [0.25, 0.3) is 0 Å². The molecule has 4 nitrogen and oxygen atoms in total. The number of nitrogens with one attached hydrogen (secondary N) is 1. The first-order chi connectivity index (χ1) is 10.2. The number of carbonyl (C=O) groups is 1. The number of piperidine rings is 1. The van der Waals surface area contributed by atoms with Crippen molar-refractivity contribution in [3.05, 3.63) is 35.9 Å². The van der Waals surface area contributed by atoms with Crippen molar-refractivity contribution in [1.82, 2.24) is 10.2 Å². The van der Waals surface area contributed by atoms with E-state index in [0.717, 1.165) is 25.4 Å². The predicted octanol–water partition coefficient (Wildman–Crippen LogP) is 1.40. The Morgan fingerprint density at radius 3 is 2.62 bits per heavy atom. The minimum atomic E-state index is -0.0470. The van der Waals surface area contributed by atoms with Crippen LogP contribution in [0.5, 0.6) is 0 Å². The zero-order valence-corrected chi connectivity index (χ0v) is 12.9. The topological polar surface area (TPSA) is 58.4 Å². The highest BCUT2D eigenvalue weighted by Crippen LogP contribution is 2.22. The quantitative estimate of drug-likeness (QED) is 0.832. The van der Waals surface area contributed by atoms with Gasteiger partial charge in [0.1, 0.15) is 0 Å². The summed E-state index contributed by atoms with van der Waals surface area (Å²) in [7, 11) is 0. The fraction of sp³-hybridized carbons (Fsp3) is 0.588. The summed E-state index contributed by atoms with van der Waals surface area (Å²) in [6.45, 7) is 5.07. The molecule has 0 saturated carbocycles. The summed E-state index contributed by atoms with van der Waals surface area (Å²) >= 11 is 0. The van der Waals surface area contributed by atoms with Crippen LogP contribution in [0.25, 0.3) is 0 Å². The Labute approximate surface area is 127 Å². The Hall–Kier alpha value is -1.39. The van der Waals surface area contributed by atoms with Gasteiger partial charge >= 0.3 is 0 Å². The molecular formula is C17H27N3O. The fourth-order valence-corrected chi connectivity index (χ4v) is 3.00. The van der Waals surface area contributed by atoms with E-state index in [4.69, 9.17) is 5.73 Å². The number of carbonyl (C=O) groups excluding carboxylic acids is 1. The number of amides is 1. The molecule has 21 heavy (non-hydrogen) atoms. The first kappa shape index (κ1) is 16.0. The largest absolute Gasteiger partial charge is 0.353 e. The van der Waals surface area contributed by atoms with E-state index in [1.165, 1.54) is 18.4 Å². The predicted molar refractivity (Wildman–Crippen MR) is 86.0 cm³/mol. The van der Waals surface area contributed by atoms with Crippen molar-refractivity contribution in [3.63, 3.8) is 0 Å². The molecule has 1 atom stereocenters. The Balaban J connectivity index is 1.76. The van der Waals surface area contributed by atoms with Crippen LogP contribution >= 0.6 is 0 Å². The highest BCUT2D eigenvalue weighted by atomic mass is 16.2. The summed E-state index contributed by atoms with van der Waals surface area (Å²) < 4.78 is 0. The molecule has 0 radical (unpaired) electrons. The molecular weight excluding hydrogens is 262 g/mol. The minimum Gasteiger partial charge on any atom is -0.353 e. The monoisotopic (exact) mass is 289 g/mol. The van der Waals surface area contributed by atoms with Crippen LogP contribution in [0.2, 0.25) is 0 Å². The van der Waals surface area contributed by atoms with Gasteiger partial charge in [0.05, 0.1) is 6.04 Å². The van der Waals surface area contributed by atoms with Crippen LogP contribution in [0.1, 0.15) is 25.3 Å². The second-order valence-electron chi connectivity index (χ2n) is 5.92. The molecule has 0 aliphatic carbocycles. The standard InChI is InChI=1S/C17H27N3O/c1-14(17(21)19-10-9-18)20-11-7-16(8-12-20)13-15-5-3-2-4-6-15/h2-6,14,16H,7-13,18H2,1H3,(H,19,21). The first-order valence-electron chi connectivity index (χ1n) is 7.96. The van der Waals surface area contributed by atoms with Crippen molar-refractivity contribution in [2.45, 2.75) is 32.2 Å². The number of rotatable bonds is 6. The number of benzene rings is 1. The van der Waals surface area contributed by atoms with Gasteiger partial charge in [-0.3, -0.25) is 9.69 Å². The maximum Gasteiger partial charge on any atom is 0.237 e. The summed E-state index contributed by atoms with van der Waals surface area (Å²) in [5.74, 6) is 0.838.